The molecule has 4 heteroatoms. The molecule has 0 fully saturated rings. The minimum atomic E-state index is 0.0439. The van der Waals surface area contributed by atoms with Crippen molar-refractivity contribution in [1.29, 1.82) is 0 Å². The van der Waals surface area contributed by atoms with Gasteiger partial charge in [-0.1, -0.05) is 42.3 Å². The van der Waals surface area contributed by atoms with E-state index in [0.29, 0.717) is 11.4 Å². The first-order valence-electron chi connectivity index (χ1n) is 10.7. The molecule has 0 amide bonds. The van der Waals surface area contributed by atoms with Gasteiger partial charge in [0, 0.05) is 28.4 Å². The van der Waals surface area contributed by atoms with Crippen LogP contribution in [0.15, 0.2) is 84.9 Å². The summed E-state index contributed by atoms with van der Waals surface area (Å²) in [6.45, 7) is 6.35. The number of rotatable bonds is 6. The SMILES string of the molecule is Cc1ccc(Oc2ccc(N)cc2)c(C(C)c2cc(C)ccc2Oc2ccc(N)cc2)c1. The van der Waals surface area contributed by atoms with Crippen molar-refractivity contribution in [3.05, 3.63) is 107 Å². The second-order valence-corrected chi connectivity index (χ2v) is 8.15. The summed E-state index contributed by atoms with van der Waals surface area (Å²) in [4.78, 5) is 0. The number of hydrogen-bond donors (Lipinski definition) is 2. The number of hydrogen-bond acceptors (Lipinski definition) is 4. The van der Waals surface area contributed by atoms with Crippen LogP contribution in [-0.2, 0) is 0 Å². The van der Waals surface area contributed by atoms with Crippen LogP contribution in [0, 0.1) is 13.8 Å². The molecule has 0 aliphatic carbocycles. The van der Waals surface area contributed by atoms with Gasteiger partial charge in [-0.05, 0) is 74.5 Å². The molecular formula is C28H28N2O2. The van der Waals surface area contributed by atoms with Crippen molar-refractivity contribution in [1.82, 2.24) is 0 Å². The van der Waals surface area contributed by atoms with Crippen LogP contribution in [0.4, 0.5) is 11.4 Å². The molecule has 4 aromatic rings. The highest BCUT2D eigenvalue weighted by atomic mass is 16.5. The molecule has 4 rings (SSSR count). The summed E-state index contributed by atoms with van der Waals surface area (Å²) in [5.74, 6) is 3.17. The smallest absolute Gasteiger partial charge is 0.131 e. The second-order valence-electron chi connectivity index (χ2n) is 8.15. The van der Waals surface area contributed by atoms with Gasteiger partial charge in [-0.2, -0.15) is 0 Å². The maximum absolute atomic E-state index is 6.25. The Morgan fingerprint density at radius 1 is 0.562 bits per heavy atom. The van der Waals surface area contributed by atoms with Crippen molar-refractivity contribution in [3.8, 4) is 23.0 Å². The predicted octanol–water partition coefficient (Wildman–Crippen LogP) is 7.20. The van der Waals surface area contributed by atoms with E-state index in [4.69, 9.17) is 20.9 Å². The second kappa shape index (κ2) is 9.06. The third-order valence-electron chi connectivity index (χ3n) is 5.48. The Balaban J connectivity index is 1.71. The summed E-state index contributed by atoms with van der Waals surface area (Å²) in [5.41, 5.74) is 17.6. The van der Waals surface area contributed by atoms with Gasteiger partial charge >= 0.3 is 0 Å². The normalized spacial score (nSPS) is 10.9. The van der Waals surface area contributed by atoms with Gasteiger partial charge < -0.3 is 20.9 Å². The molecule has 0 radical (unpaired) electrons. The van der Waals surface area contributed by atoms with Crippen LogP contribution in [0.3, 0.4) is 0 Å². The molecule has 0 atom stereocenters. The van der Waals surface area contributed by atoms with Gasteiger partial charge in [0.1, 0.15) is 23.0 Å². The zero-order valence-corrected chi connectivity index (χ0v) is 18.6. The van der Waals surface area contributed by atoms with Crippen molar-refractivity contribution in [2.24, 2.45) is 0 Å². The Morgan fingerprint density at radius 3 is 1.31 bits per heavy atom. The molecule has 162 valence electrons. The molecule has 32 heavy (non-hydrogen) atoms. The van der Waals surface area contributed by atoms with Crippen LogP contribution < -0.4 is 20.9 Å². The largest absolute Gasteiger partial charge is 0.457 e. The first-order valence-corrected chi connectivity index (χ1v) is 10.7. The molecule has 0 saturated carbocycles. The quantitative estimate of drug-likeness (QED) is 0.321. The average molecular weight is 425 g/mol. The fourth-order valence-electron chi connectivity index (χ4n) is 3.69. The van der Waals surface area contributed by atoms with Gasteiger partial charge in [-0.3, -0.25) is 0 Å². The molecule has 4 aromatic carbocycles. The summed E-state index contributed by atoms with van der Waals surface area (Å²) in [5, 5.41) is 0. The third kappa shape index (κ3) is 4.86. The number of ether oxygens (including phenoxy) is 2. The molecule has 0 aliphatic heterocycles. The standard InChI is InChI=1S/C28H28N2O2/c1-18-4-14-27(31-23-10-6-21(29)7-11-23)25(16-18)20(3)26-17-19(2)5-15-28(26)32-24-12-8-22(30)9-13-24/h4-17,20H,29-30H2,1-3H3. The Hall–Kier alpha value is -3.92. The van der Waals surface area contributed by atoms with Gasteiger partial charge in [0.25, 0.3) is 0 Å². The number of nitrogens with two attached hydrogens (primary N) is 2. The van der Waals surface area contributed by atoms with E-state index in [1.165, 1.54) is 11.1 Å². The molecule has 0 bridgehead atoms. The van der Waals surface area contributed by atoms with E-state index >= 15 is 0 Å². The summed E-state index contributed by atoms with van der Waals surface area (Å²) in [7, 11) is 0. The third-order valence-corrected chi connectivity index (χ3v) is 5.48. The van der Waals surface area contributed by atoms with E-state index in [1.807, 2.05) is 60.7 Å². The Kier molecular flexibility index (Phi) is 6.04. The van der Waals surface area contributed by atoms with E-state index in [-0.39, 0.29) is 5.92 Å². The maximum atomic E-state index is 6.25. The molecule has 4 N–H and O–H groups in total. The molecular weight excluding hydrogens is 396 g/mol. The van der Waals surface area contributed by atoms with Crippen molar-refractivity contribution < 1.29 is 9.47 Å². The molecule has 0 unspecified atom stereocenters. The monoisotopic (exact) mass is 424 g/mol. The maximum Gasteiger partial charge on any atom is 0.131 e. The number of nitrogen functional groups attached to an aromatic ring is 2. The minimum Gasteiger partial charge on any atom is -0.457 e. The summed E-state index contributed by atoms with van der Waals surface area (Å²) >= 11 is 0. The first-order chi connectivity index (χ1) is 15.4. The van der Waals surface area contributed by atoms with Crippen LogP contribution in [-0.4, -0.2) is 0 Å². The average Bonchev–Trinajstić information content (AvgIpc) is 2.78. The molecule has 4 nitrogen and oxygen atoms in total. The lowest BCUT2D eigenvalue weighted by atomic mass is 9.89. The Labute approximate surface area is 189 Å². The van der Waals surface area contributed by atoms with Gasteiger partial charge in [0.05, 0.1) is 0 Å². The lowest BCUT2D eigenvalue weighted by Crippen LogP contribution is -2.03. The molecule has 0 heterocycles. The van der Waals surface area contributed by atoms with Crippen molar-refractivity contribution in [2.45, 2.75) is 26.7 Å². The highest BCUT2D eigenvalue weighted by molar-refractivity contribution is 5.52. The van der Waals surface area contributed by atoms with Crippen molar-refractivity contribution >= 4 is 11.4 Å². The molecule has 0 aromatic heterocycles. The van der Waals surface area contributed by atoms with Crippen LogP contribution in [0.2, 0.25) is 0 Å². The lowest BCUT2D eigenvalue weighted by Gasteiger charge is -2.21. The van der Waals surface area contributed by atoms with Gasteiger partial charge in [0.15, 0.2) is 0 Å². The lowest BCUT2D eigenvalue weighted by molar-refractivity contribution is 0.465. The van der Waals surface area contributed by atoms with Gasteiger partial charge in [-0.15, -0.1) is 0 Å². The zero-order chi connectivity index (χ0) is 22.7. The predicted molar refractivity (Wildman–Crippen MR) is 132 cm³/mol. The fraction of sp³-hybridized carbons (Fsp3) is 0.143. The fourth-order valence-corrected chi connectivity index (χ4v) is 3.69. The van der Waals surface area contributed by atoms with E-state index in [2.05, 4.69) is 45.0 Å². The van der Waals surface area contributed by atoms with Crippen molar-refractivity contribution in [3.63, 3.8) is 0 Å². The molecule has 0 aliphatic rings. The van der Waals surface area contributed by atoms with E-state index < -0.39 is 0 Å². The van der Waals surface area contributed by atoms with Crippen LogP contribution in [0.1, 0.15) is 35.1 Å². The Bertz CT molecular complexity index is 1120. The summed E-state index contributed by atoms with van der Waals surface area (Å²) in [6.07, 6.45) is 0. The van der Waals surface area contributed by atoms with Gasteiger partial charge in [0.2, 0.25) is 0 Å². The zero-order valence-electron chi connectivity index (χ0n) is 18.6. The van der Waals surface area contributed by atoms with Gasteiger partial charge in [-0.25, -0.2) is 0 Å². The van der Waals surface area contributed by atoms with Crippen molar-refractivity contribution in [2.75, 3.05) is 11.5 Å². The van der Waals surface area contributed by atoms with Crippen LogP contribution in [0.5, 0.6) is 23.0 Å². The van der Waals surface area contributed by atoms with E-state index in [9.17, 15) is 0 Å². The Morgan fingerprint density at radius 2 is 0.938 bits per heavy atom. The summed E-state index contributed by atoms with van der Waals surface area (Å²) < 4.78 is 12.5. The highest BCUT2D eigenvalue weighted by Gasteiger charge is 2.19. The molecule has 0 spiro atoms. The number of benzene rings is 4. The number of aryl methyl sites for hydroxylation is 2. The van der Waals surface area contributed by atoms with E-state index in [0.717, 1.165) is 34.1 Å². The van der Waals surface area contributed by atoms with Crippen LogP contribution >= 0.6 is 0 Å². The first kappa shape index (κ1) is 21.3. The van der Waals surface area contributed by atoms with Crippen LogP contribution in [0.25, 0.3) is 0 Å². The van der Waals surface area contributed by atoms with E-state index in [1.54, 1.807) is 0 Å². The minimum absolute atomic E-state index is 0.0439. The highest BCUT2D eigenvalue weighted by Crippen LogP contribution is 2.40. The summed E-state index contributed by atoms with van der Waals surface area (Å²) in [6, 6.07) is 27.4. The molecule has 0 saturated heterocycles. The topological polar surface area (TPSA) is 70.5 Å². The number of anilines is 2.